The van der Waals surface area contributed by atoms with Gasteiger partial charge in [0.2, 0.25) is 0 Å². The lowest BCUT2D eigenvalue weighted by Crippen LogP contribution is -2.27. The van der Waals surface area contributed by atoms with Crippen molar-refractivity contribution in [3.8, 4) is 0 Å². The van der Waals surface area contributed by atoms with E-state index < -0.39 is 6.04 Å². The molecule has 0 aliphatic carbocycles. The molecule has 94 valence electrons. The molecule has 0 saturated heterocycles. The molecular weight excluding hydrogens is 251 g/mol. The van der Waals surface area contributed by atoms with Crippen molar-refractivity contribution in [1.29, 1.82) is 0 Å². The number of amides is 1. The summed E-state index contributed by atoms with van der Waals surface area (Å²) in [6, 6.07) is 7.65. The number of hydrogen-bond acceptors (Lipinski definition) is 3. The minimum Gasteiger partial charge on any atom is -0.397 e. The van der Waals surface area contributed by atoms with Gasteiger partial charge in [-0.3, -0.25) is 4.79 Å². The summed E-state index contributed by atoms with van der Waals surface area (Å²) in [6.07, 6.45) is 0. The van der Waals surface area contributed by atoms with Crippen LogP contribution in [0.25, 0.3) is 0 Å². The number of rotatable bonds is 3. The van der Waals surface area contributed by atoms with Gasteiger partial charge in [0.1, 0.15) is 10.7 Å². The van der Waals surface area contributed by atoms with Crippen LogP contribution in [0.5, 0.6) is 0 Å². The number of carbonyl (C=O) groups excluding carboxylic acids is 1. The molecule has 0 fully saturated rings. The van der Waals surface area contributed by atoms with Crippen LogP contribution in [0.1, 0.15) is 28.2 Å². The van der Waals surface area contributed by atoms with Gasteiger partial charge in [-0.2, -0.15) is 0 Å². The normalized spacial score (nSPS) is 12.1. The Morgan fingerprint density at radius 1 is 1.39 bits per heavy atom. The number of halogens is 1. The van der Waals surface area contributed by atoms with Crippen molar-refractivity contribution in [2.24, 2.45) is 0 Å². The van der Waals surface area contributed by atoms with Crippen molar-refractivity contribution in [3.63, 3.8) is 0 Å². The first-order valence-corrected chi connectivity index (χ1v) is 6.36. The lowest BCUT2D eigenvalue weighted by molar-refractivity contribution is 0.0944. The molecule has 1 atom stereocenters. The van der Waals surface area contributed by atoms with Crippen molar-refractivity contribution in [2.45, 2.75) is 13.0 Å². The summed E-state index contributed by atoms with van der Waals surface area (Å²) in [4.78, 5) is 12.4. The fourth-order valence-electron chi connectivity index (χ4n) is 1.67. The van der Waals surface area contributed by atoms with Crippen molar-refractivity contribution in [1.82, 2.24) is 5.32 Å². The molecule has 3 nitrogen and oxygen atoms in total. The van der Waals surface area contributed by atoms with Crippen LogP contribution >= 0.6 is 11.3 Å². The molecule has 2 aromatic rings. The molecule has 3 N–H and O–H groups in total. The first-order chi connectivity index (χ1) is 8.59. The molecule has 1 aromatic carbocycles. The van der Waals surface area contributed by atoms with Gasteiger partial charge in [-0.15, -0.1) is 11.3 Å². The van der Waals surface area contributed by atoms with Crippen LogP contribution in [-0.4, -0.2) is 5.91 Å². The van der Waals surface area contributed by atoms with E-state index in [0.717, 1.165) is 0 Å². The standard InChI is InChI=1S/C13H13FN2OS/c1-8(9-4-2-3-5-10(9)14)16-13(17)12-11(15)6-7-18-12/h2-8H,15H2,1H3,(H,16,17). The van der Waals surface area contributed by atoms with Crippen LogP contribution in [0.15, 0.2) is 35.7 Å². The van der Waals surface area contributed by atoms with Gasteiger partial charge in [-0.05, 0) is 24.4 Å². The maximum Gasteiger partial charge on any atom is 0.263 e. The Kier molecular flexibility index (Phi) is 3.62. The summed E-state index contributed by atoms with van der Waals surface area (Å²) in [6.45, 7) is 1.74. The van der Waals surface area contributed by atoms with E-state index in [2.05, 4.69) is 5.32 Å². The Balaban J connectivity index is 2.13. The van der Waals surface area contributed by atoms with Crippen LogP contribution < -0.4 is 11.1 Å². The Hall–Kier alpha value is -1.88. The zero-order valence-corrected chi connectivity index (χ0v) is 10.6. The fourth-order valence-corrected chi connectivity index (χ4v) is 2.39. The maximum absolute atomic E-state index is 13.5. The molecule has 1 heterocycles. The largest absolute Gasteiger partial charge is 0.397 e. The summed E-state index contributed by atoms with van der Waals surface area (Å²) >= 11 is 1.27. The highest BCUT2D eigenvalue weighted by atomic mass is 32.1. The van der Waals surface area contributed by atoms with Crippen molar-refractivity contribution < 1.29 is 9.18 Å². The van der Waals surface area contributed by atoms with E-state index in [1.54, 1.807) is 36.6 Å². The van der Waals surface area contributed by atoms with E-state index in [4.69, 9.17) is 5.73 Å². The Bertz CT molecular complexity index is 568. The number of nitrogens with two attached hydrogens (primary N) is 1. The average Bonchev–Trinajstić information content (AvgIpc) is 2.76. The van der Waals surface area contributed by atoms with Gasteiger partial charge in [0.25, 0.3) is 5.91 Å². The number of anilines is 1. The third-order valence-corrected chi connectivity index (χ3v) is 3.55. The molecule has 0 radical (unpaired) electrons. The van der Waals surface area contributed by atoms with E-state index in [-0.39, 0.29) is 11.7 Å². The molecule has 1 aromatic heterocycles. The number of nitrogen functional groups attached to an aromatic ring is 1. The van der Waals surface area contributed by atoms with E-state index in [9.17, 15) is 9.18 Å². The number of nitrogens with one attached hydrogen (secondary N) is 1. The van der Waals surface area contributed by atoms with Crippen LogP contribution in [0.2, 0.25) is 0 Å². The average molecular weight is 264 g/mol. The van der Waals surface area contributed by atoms with Crippen LogP contribution in [-0.2, 0) is 0 Å². The van der Waals surface area contributed by atoms with Gasteiger partial charge >= 0.3 is 0 Å². The number of carbonyl (C=O) groups is 1. The predicted octanol–water partition coefficient (Wildman–Crippen LogP) is 2.96. The number of thiophene rings is 1. The van der Waals surface area contributed by atoms with E-state index in [0.29, 0.717) is 16.1 Å². The second-order valence-electron chi connectivity index (χ2n) is 3.92. The monoisotopic (exact) mass is 264 g/mol. The number of hydrogen-bond donors (Lipinski definition) is 2. The zero-order valence-electron chi connectivity index (χ0n) is 9.81. The highest BCUT2D eigenvalue weighted by Crippen LogP contribution is 2.21. The van der Waals surface area contributed by atoms with Gasteiger partial charge in [0.05, 0.1) is 11.7 Å². The minimum absolute atomic E-state index is 0.279. The predicted molar refractivity (Wildman–Crippen MR) is 71.0 cm³/mol. The van der Waals surface area contributed by atoms with Gasteiger partial charge in [0.15, 0.2) is 0 Å². The molecule has 5 heteroatoms. The van der Waals surface area contributed by atoms with Crippen LogP contribution in [0.3, 0.4) is 0 Å². The second-order valence-corrected chi connectivity index (χ2v) is 4.84. The van der Waals surface area contributed by atoms with E-state index in [1.165, 1.54) is 17.4 Å². The fraction of sp³-hybridized carbons (Fsp3) is 0.154. The Labute approximate surface area is 108 Å². The minimum atomic E-state index is -0.403. The third-order valence-electron chi connectivity index (χ3n) is 2.62. The highest BCUT2D eigenvalue weighted by molar-refractivity contribution is 7.12. The molecule has 0 aliphatic rings. The Morgan fingerprint density at radius 3 is 2.72 bits per heavy atom. The molecule has 0 aliphatic heterocycles. The lowest BCUT2D eigenvalue weighted by Gasteiger charge is -2.14. The summed E-state index contributed by atoms with van der Waals surface area (Å²) in [5.41, 5.74) is 6.56. The molecule has 18 heavy (non-hydrogen) atoms. The zero-order chi connectivity index (χ0) is 13.1. The topological polar surface area (TPSA) is 55.1 Å². The molecule has 1 unspecified atom stereocenters. The van der Waals surface area contributed by atoms with Crippen molar-refractivity contribution >= 4 is 22.9 Å². The second kappa shape index (κ2) is 5.18. The van der Waals surface area contributed by atoms with Crippen molar-refractivity contribution in [2.75, 3.05) is 5.73 Å². The summed E-state index contributed by atoms with van der Waals surface area (Å²) in [7, 11) is 0. The summed E-state index contributed by atoms with van der Waals surface area (Å²) < 4.78 is 13.5. The molecule has 1 amide bonds. The molecular formula is C13H13FN2OS. The smallest absolute Gasteiger partial charge is 0.263 e. The summed E-state index contributed by atoms with van der Waals surface area (Å²) in [5, 5.41) is 4.48. The molecule has 2 rings (SSSR count). The number of benzene rings is 1. The van der Waals surface area contributed by atoms with Crippen molar-refractivity contribution in [3.05, 3.63) is 52.0 Å². The summed E-state index contributed by atoms with van der Waals surface area (Å²) in [5.74, 6) is -0.609. The first-order valence-electron chi connectivity index (χ1n) is 5.48. The quantitative estimate of drug-likeness (QED) is 0.895. The van der Waals surface area contributed by atoms with Gasteiger partial charge < -0.3 is 11.1 Å². The van der Waals surface area contributed by atoms with E-state index >= 15 is 0 Å². The van der Waals surface area contributed by atoms with E-state index in [1.807, 2.05) is 0 Å². The molecule has 0 spiro atoms. The Morgan fingerprint density at radius 2 is 2.11 bits per heavy atom. The van der Waals surface area contributed by atoms with Gasteiger partial charge in [-0.1, -0.05) is 18.2 Å². The highest BCUT2D eigenvalue weighted by Gasteiger charge is 2.16. The van der Waals surface area contributed by atoms with Crippen LogP contribution in [0.4, 0.5) is 10.1 Å². The van der Waals surface area contributed by atoms with Crippen LogP contribution in [0, 0.1) is 5.82 Å². The first kappa shape index (κ1) is 12.6. The maximum atomic E-state index is 13.5. The third kappa shape index (κ3) is 2.51. The van der Waals surface area contributed by atoms with Gasteiger partial charge in [-0.25, -0.2) is 4.39 Å². The van der Waals surface area contributed by atoms with Gasteiger partial charge in [0, 0.05) is 5.56 Å². The molecule has 0 bridgehead atoms. The SMILES string of the molecule is CC(NC(=O)c1sccc1N)c1ccccc1F. The molecule has 0 saturated carbocycles. The lowest BCUT2D eigenvalue weighted by atomic mass is 10.1.